The minimum atomic E-state index is 0.0778. The standard InChI is InChI=1S/C33H38N4OS/c1-25-12-11-13-26(2)31(25)34-29(38)24-37-22-20-36(21-23-37)19-10-9-18-30-35-32(27-14-5-3-6-15-27)33(39-30)28-16-7-4-8-17-28/h3-8,11-17H,9-10,18-24H2,1-2H3,(H,34,38). The predicted molar refractivity (Wildman–Crippen MR) is 163 cm³/mol. The van der Waals surface area contributed by atoms with Gasteiger partial charge in [-0.05, 0) is 56.3 Å². The van der Waals surface area contributed by atoms with Crippen molar-refractivity contribution < 1.29 is 4.79 Å². The second-order valence-corrected chi connectivity index (χ2v) is 11.5. The molecule has 0 saturated carbocycles. The summed E-state index contributed by atoms with van der Waals surface area (Å²) in [6.45, 7) is 9.56. The van der Waals surface area contributed by atoms with Crippen molar-refractivity contribution in [1.82, 2.24) is 14.8 Å². The Morgan fingerprint density at radius 3 is 2.08 bits per heavy atom. The molecule has 202 valence electrons. The van der Waals surface area contributed by atoms with Crippen molar-refractivity contribution in [2.45, 2.75) is 33.1 Å². The van der Waals surface area contributed by atoms with Crippen LogP contribution in [0.1, 0.15) is 29.0 Å². The maximum Gasteiger partial charge on any atom is 0.238 e. The van der Waals surface area contributed by atoms with Crippen molar-refractivity contribution in [3.8, 4) is 21.7 Å². The van der Waals surface area contributed by atoms with Gasteiger partial charge in [0.2, 0.25) is 5.91 Å². The molecule has 4 aromatic rings. The van der Waals surface area contributed by atoms with E-state index < -0.39 is 0 Å². The number of carbonyl (C=O) groups excluding carboxylic acids is 1. The first-order chi connectivity index (χ1) is 19.1. The van der Waals surface area contributed by atoms with Crippen molar-refractivity contribution in [2.75, 3.05) is 44.6 Å². The summed E-state index contributed by atoms with van der Waals surface area (Å²) in [6.07, 6.45) is 3.30. The second-order valence-electron chi connectivity index (χ2n) is 10.4. The summed E-state index contributed by atoms with van der Waals surface area (Å²) in [6, 6.07) is 27.3. The Labute approximate surface area is 236 Å². The van der Waals surface area contributed by atoms with Gasteiger partial charge in [0.05, 0.1) is 22.1 Å². The van der Waals surface area contributed by atoms with Crippen LogP contribution >= 0.6 is 11.3 Å². The predicted octanol–water partition coefficient (Wildman–Crippen LogP) is 6.67. The van der Waals surface area contributed by atoms with E-state index in [1.165, 1.54) is 21.0 Å². The van der Waals surface area contributed by atoms with Crippen LogP contribution in [0.4, 0.5) is 5.69 Å². The number of piperazine rings is 1. The van der Waals surface area contributed by atoms with Crippen LogP contribution in [0.2, 0.25) is 0 Å². The Bertz CT molecular complexity index is 1280. The fourth-order valence-corrected chi connectivity index (χ4v) is 6.36. The number of aromatic nitrogens is 1. The first kappa shape index (κ1) is 27.3. The number of thiazole rings is 1. The third kappa shape index (κ3) is 7.21. The first-order valence-corrected chi connectivity index (χ1v) is 14.8. The largest absolute Gasteiger partial charge is 0.324 e. The van der Waals surface area contributed by atoms with Crippen LogP contribution in [0.25, 0.3) is 21.7 Å². The van der Waals surface area contributed by atoms with E-state index in [2.05, 4.69) is 75.8 Å². The molecule has 1 fully saturated rings. The van der Waals surface area contributed by atoms with E-state index in [-0.39, 0.29) is 5.91 Å². The number of rotatable bonds is 10. The van der Waals surface area contributed by atoms with Gasteiger partial charge in [-0.2, -0.15) is 0 Å². The number of nitrogens with one attached hydrogen (secondary N) is 1. The van der Waals surface area contributed by atoms with Crippen LogP contribution < -0.4 is 5.32 Å². The van der Waals surface area contributed by atoms with Gasteiger partial charge in [0.15, 0.2) is 0 Å². The summed E-state index contributed by atoms with van der Waals surface area (Å²) in [4.78, 5) is 23.8. The van der Waals surface area contributed by atoms with Gasteiger partial charge < -0.3 is 10.2 Å². The molecule has 0 bridgehead atoms. The Balaban J connectivity index is 1.07. The molecule has 1 aromatic heterocycles. The van der Waals surface area contributed by atoms with Gasteiger partial charge in [-0.1, -0.05) is 78.9 Å². The van der Waals surface area contributed by atoms with Crippen molar-refractivity contribution in [1.29, 1.82) is 0 Å². The van der Waals surface area contributed by atoms with E-state index >= 15 is 0 Å². The normalized spacial score (nSPS) is 14.4. The third-order valence-corrected chi connectivity index (χ3v) is 8.61. The molecule has 0 radical (unpaired) electrons. The lowest BCUT2D eigenvalue weighted by atomic mass is 10.1. The van der Waals surface area contributed by atoms with E-state index in [9.17, 15) is 4.79 Å². The van der Waals surface area contributed by atoms with Crippen LogP contribution in [0.15, 0.2) is 78.9 Å². The number of hydrogen-bond acceptors (Lipinski definition) is 5. The number of benzene rings is 3. The quantitative estimate of drug-likeness (QED) is 0.229. The number of anilines is 1. The molecule has 2 heterocycles. The molecule has 0 aliphatic carbocycles. The van der Waals surface area contributed by atoms with E-state index in [0.29, 0.717) is 6.54 Å². The molecule has 1 N–H and O–H groups in total. The lowest BCUT2D eigenvalue weighted by molar-refractivity contribution is -0.117. The van der Waals surface area contributed by atoms with Crippen LogP contribution in [0.3, 0.4) is 0 Å². The zero-order valence-electron chi connectivity index (χ0n) is 23.0. The Morgan fingerprint density at radius 2 is 1.41 bits per heavy atom. The molecular weight excluding hydrogens is 500 g/mol. The van der Waals surface area contributed by atoms with Crippen molar-refractivity contribution in [3.63, 3.8) is 0 Å². The molecule has 5 nitrogen and oxygen atoms in total. The number of nitrogens with zero attached hydrogens (tertiary/aromatic N) is 3. The van der Waals surface area contributed by atoms with Crippen LogP contribution in [0.5, 0.6) is 0 Å². The maximum atomic E-state index is 12.6. The molecule has 5 rings (SSSR count). The van der Waals surface area contributed by atoms with E-state index in [1.54, 1.807) is 0 Å². The molecular formula is C33H38N4OS. The van der Waals surface area contributed by atoms with Gasteiger partial charge in [-0.3, -0.25) is 9.69 Å². The molecule has 6 heteroatoms. The summed E-state index contributed by atoms with van der Waals surface area (Å²) < 4.78 is 0. The lowest BCUT2D eigenvalue weighted by Crippen LogP contribution is -2.48. The molecule has 0 unspecified atom stereocenters. The molecule has 1 amide bonds. The fourth-order valence-electron chi connectivity index (χ4n) is 5.22. The molecule has 1 saturated heterocycles. The Morgan fingerprint density at radius 1 is 0.795 bits per heavy atom. The zero-order chi connectivity index (χ0) is 27.0. The molecule has 1 aliphatic rings. The van der Waals surface area contributed by atoms with Crippen molar-refractivity contribution >= 4 is 22.9 Å². The zero-order valence-corrected chi connectivity index (χ0v) is 23.8. The lowest BCUT2D eigenvalue weighted by Gasteiger charge is -2.34. The van der Waals surface area contributed by atoms with E-state index in [4.69, 9.17) is 4.98 Å². The summed E-state index contributed by atoms with van der Waals surface area (Å²) in [7, 11) is 0. The summed E-state index contributed by atoms with van der Waals surface area (Å²) >= 11 is 1.83. The monoisotopic (exact) mass is 538 g/mol. The van der Waals surface area contributed by atoms with Crippen LogP contribution in [0, 0.1) is 13.8 Å². The number of para-hydroxylation sites is 1. The number of hydrogen-bond donors (Lipinski definition) is 1. The molecule has 0 spiro atoms. The average molecular weight is 539 g/mol. The van der Waals surface area contributed by atoms with Crippen LogP contribution in [-0.2, 0) is 11.2 Å². The Hall–Kier alpha value is -3.32. The van der Waals surface area contributed by atoms with E-state index in [0.717, 1.165) is 74.5 Å². The summed E-state index contributed by atoms with van der Waals surface area (Å²) in [5.41, 5.74) is 6.69. The Kier molecular flexibility index (Phi) is 9.19. The third-order valence-electron chi connectivity index (χ3n) is 7.45. The summed E-state index contributed by atoms with van der Waals surface area (Å²) in [5, 5.41) is 4.34. The highest BCUT2D eigenvalue weighted by molar-refractivity contribution is 7.15. The molecule has 0 atom stereocenters. The second kappa shape index (κ2) is 13.2. The van der Waals surface area contributed by atoms with Crippen molar-refractivity contribution in [3.05, 3.63) is 95.0 Å². The summed E-state index contributed by atoms with van der Waals surface area (Å²) in [5.74, 6) is 0.0778. The number of carbonyl (C=O) groups is 1. The highest BCUT2D eigenvalue weighted by Gasteiger charge is 2.20. The molecule has 1 aliphatic heterocycles. The van der Waals surface area contributed by atoms with Gasteiger partial charge in [-0.25, -0.2) is 4.98 Å². The molecule has 3 aromatic carbocycles. The van der Waals surface area contributed by atoms with Crippen LogP contribution in [-0.4, -0.2) is 60.0 Å². The number of amides is 1. The van der Waals surface area contributed by atoms with Gasteiger partial charge in [-0.15, -0.1) is 11.3 Å². The molecule has 39 heavy (non-hydrogen) atoms. The van der Waals surface area contributed by atoms with Gasteiger partial charge in [0.1, 0.15) is 0 Å². The van der Waals surface area contributed by atoms with Gasteiger partial charge >= 0.3 is 0 Å². The van der Waals surface area contributed by atoms with E-state index in [1.807, 2.05) is 43.4 Å². The number of unbranched alkanes of at least 4 members (excludes halogenated alkanes) is 1. The van der Waals surface area contributed by atoms with Gasteiger partial charge in [0, 0.05) is 37.4 Å². The topological polar surface area (TPSA) is 48.5 Å². The fraction of sp³-hybridized carbons (Fsp3) is 0.333. The minimum Gasteiger partial charge on any atom is -0.324 e. The number of aryl methyl sites for hydroxylation is 3. The maximum absolute atomic E-state index is 12.6. The minimum absolute atomic E-state index is 0.0778. The smallest absolute Gasteiger partial charge is 0.238 e. The first-order valence-electron chi connectivity index (χ1n) is 14.0. The van der Waals surface area contributed by atoms with Gasteiger partial charge in [0.25, 0.3) is 0 Å². The SMILES string of the molecule is Cc1cccc(C)c1NC(=O)CN1CCN(CCCCc2nc(-c3ccccc3)c(-c3ccccc3)s2)CC1. The highest BCUT2D eigenvalue weighted by Crippen LogP contribution is 2.37. The van der Waals surface area contributed by atoms with Crippen molar-refractivity contribution in [2.24, 2.45) is 0 Å². The average Bonchev–Trinajstić information content (AvgIpc) is 3.39. The highest BCUT2D eigenvalue weighted by atomic mass is 32.1.